The third-order valence-corrected chi connectivity index (χ3v) is 4.02. The SMILES string of the molecule is CC1(C)NC(=O)N(CCNC2CCc3ncnn3C2)C1=O. The highest BCUT2D eigenvalue weighted by Gasteiger charge is 2.43. The Morgan fingerprint density at radius 2 is 2.29 bits per heavy atom. The number of nitrogens with zero attached hydrogens (tertiary/aromatic N) is 4. The number of amides is 3. The van der Waals surface area contributed by atoms with Gasteiger partial charge in [0.2, 0.25) is 0 Å². The van der Waals surface area contributed by atoms with Crippen LogP contribution in [0, 0.1) is 0 Å². The Balaban J connectivity index is 1.49. The molecule has 8 heteroatoms. The number of carbonyl (C=O) groups is 2. The molecule has 1 atom stereocenters. The minimum atomic E-state index is -0.794. The molecule has 8 nitrogen and oxygen atoms in total. The minimum Gasteiger partial charge on any atom is -0.324 e. The molecule has 1 unspecified atom stereocenters. The summed E-state index contributed by atoms with van der Waals surface area (Å²) in [5.41, 5.74) is -0.794. The lowest BCUT2D eigenvalue weighted by Gasteiger charge is -2.24. The maximum atomic E-state index is 12.0. The summed E-state index contributed by atoms with van der Waals surface area (Å²) >= 11 is 0. The molecule has 2 aliphatic rings. The van der Waals surface area contributed by atoms with Gasteiger partial charge in [-0.3, -0.25) is 9.69 Å². The Morgan fingerprint density at radius 1 is 1.48 bits per heavy atom. The standard InChI is InChI=1S/C13H20N6O2/c1-13(2)11(20)18(12(21)17-13)6-5-14-9-3-4-10-15-8-16-19(10)7-9/h8-9,14H,3-7H2,1-2H3,(H,17,21). The van der Waals surface area contributed by atoms with Gasteiger partial charge in [0.15, 0.2) is 0 Å². The third-order valence-electron chi connectivity index (χ3n) is 4.02. The molecule has 0 spiro atoms. The van der Waals surface area contributed by atoms with Crippen molar-refractivity contribution in [2.75, 3.05) is 13.1 Å². The van der Waals surface area contributed by atoms with Crippen molar-refractivity contribution in [3.05, 3.63) is 12.2 Å². The van der Waals surface area contributed by atoms with Gasteiger partial charge in [0.05, 0.1) is 6.54 Å². The first-order chi connectivity index (χ1) is 9.97. The van der Waals surface area contributed by atoms with Crippen LogP contribution in [0.5, 0.6) is 0 Å². The summed E-state index contributed by atoms with van der Waals surface area (Å²) in [7, 11) is 0. The summed E-state index contributed by atoms with van der Waals surface area (Å²) in [5, 5.41) is 10.2. The van der Waals surface area contributed by atoms with Gasteiger partial charge < -0.3 is 10.6 Å². The highest BCUT2D eigenvalue weighted by molar-refractivity contribution is 6.06. The van der Waals surface area contributed by atoms with Crippen LogP contribution in [0.2, 0.25) is 0 Å². The molecule has 2 aliphatic heterocycles. The summed E-state index contributed by atoms with van der Waals surface area (Å²) in [6.45, 7) is 5.18. The molecule has 3 amide bonds. The van der Waals surface area contributed by atoms with Crippen LogP contribution in [0.3, 0.4) is 0 Å². The Kier molecular flexibility index (Phi) is 3.40. The second kappa shape index (κ2) is 5.10. The van der Waals surface area contributed by atoms with E-state index in [0.717, 1.165) is 25.2 Å². The van der Waals surface area contributed by atoms with Crippen LogP contribution in [0.4, 0.5) is 4.79 Å². The molecule has 3 rings (SSSR count). The fourth-order valence-corrected chi connectivity index (χ4v) is 2.81. The summed E-state index contributed by atoms with van der Waals surface area (Å²) in [6, 6.07) is -0.0121. The molecular weight excluding hydrogens is 272 g/mol. The highest BCUT2D eigenvalue weighted by Crippen LogP contribution is 2.16. The molecule has 0 aromatic carbocycles. The number of nitrogens with one attached hydrogen (secondary N) is 2. The van der Waals surface area contributed by atoms with E-state index in [4.69, 9.17) is 0 Å². The lowest BCUT2D eigenvalue weighted by atomic mass is 10.1. The summed E-state index contributed by atoms with van der Waals surface area (Å²) < 4.78 is 1.90. The molecular formula is C13H20N6O2. The monoisotopic (exact) mass is 292 g/mol. The van der Waals surface area contributed by atoms with E-state index in [1.807, 2.05) is 4.68 Å². The first-order valence-corrected chi connectivity index (χ1v) is 7.21. The van der Waals surface area contributed by atoms with Crippen LogP contribution in [0.15, 0.2) is 6.33 Å². The first-order valence-electron chi connectivity index (χ1n) is 7.21. The minimum absolute atomic E-state index is 0.170. The van der Waals surface area contributed by atoms with Crippen molar-refractivity contribution in [2.45, 2.75) is 44.8 Å². The van der Waals surface area contributed by atoms with Crippen LogP contribution >= 0.6 is 0 Å². The number of fused-ring (bicyclic) bond motifs is 1. The predicted octanol–water partition coefficient (Wildman–Crippen LogP) is -0.487. The number of hydrogen-bond donors (Lipinski definition) is 2. The number of aromatic nitrogens is 3. The third kappa shape index (κ3) is 2.63. The maximum Gasteiger partial charge on any atom is 0.325 e. The number of imide groups is 1. The number of urea groups is 1. The van der Waals surface area contributed by atoms with Crippen LogP contribution in [0.25, 0.3) is 0 Å². The van der Waals surface area contributed by atoms with Gasteiger partial charge in [0, 0.05) is 25.6 Å². The van der Waals surface area contributed by atoms with E-state index in [0.29, 0.717) is 19.1 Å². The number of aryl methyl sites for hydroxylation is 1. The van der Waals surface area contributed by atoms with Crippen molar-refractivity contribution < 1.29 is 9.59 Å². The fraction of sp³-hybridized carbons (Fsp3) is 0.692. The van der Waals surface area contributed by atoms with E-state index in [-0.39, 0.29) is 11.9 Å². The zero-order valence-electron chi connectivity index (χ0n) is 12.3. The molecule has 1 aromatic rings. The molecule has 0 radical (unpaired) electrons. The van der Waals surface area contributed by atoms with Crippen molar-refractivity contribution >= 4 is 11.9 Å². The van der Waals surface area contributed by atoms with Crippen molar-refractivity contribution in [1.82, 2.24) is 30.3 Å². The van der Waals surface area contributed by atoms with Gasteiger partial charge in [0.1, 0.15) is 17.7 Å². The average molecular weight is 292 g/mol. The second-order valence-corrected chi connectivity index (χ2v) is 6.06. The second-order valence-electron chi connectivity index (χ2n) is 6.06. The van der Waals surface area contributed by atoms with Gasteiger partial charge in [-0.1, -0.05) is 0 Å². The zero-order chi connectivity index (χ0) is 15.0. The number of hydrogen-bond acceptors (Lipinski definition) is 5. The lowest BCUT2D eigenvalue weighted by molar-refractivity contribution is -0.130. The highest BCUT2D eigenvalue weighted by atomic mass is 16.2. The van der Waals surface area contributed by atoms with Crippen LogP contribution < -0.4 is 10.6 Å². The van der Waals surface area contributed by atoms with Crippen molar-refractivity contribution in [2.24, 2.45) is 0 Å². The van der Waals surface area contributed by atoms with Gasteiger partial charge >= 0.3 is 6.03 Å². The summed E-state index contributed by atoms with van der Waals surface area (Å²) in [6.07, 6.45) is 3.46. The number of carbonyl (C=O) groups excluding carboxylic acids is 2. The Morgan fingerprint density at radius 3 is 3.00 bits per heavy atom. The molecule has 2 N–H and O–H groups in total. The average Bonchev–Trinajstić information content (AvgIpc) is 2.96. The molecule has 0 bridgehead atoms. The zero-order valence-corrected chi connectivity index (χ0v) is 12.3. The normalized spacial score (nSPS) is 24.1. The first kappa shape index (κ1) is 14.0. The van der Waals surface area contributed by atoms with Gasteiger partial charge in [0.25, 0.3) is 5.91 Å². The van der Waals surface area contributed by atoms with Gasteiger partial charge in [-0.15, -0.1) is 0 Å². The Labute approximate surface area is 122 Å². The van der Waals surface area contributed by atoms with E-state index >= 15 is 0 Å². The molecule has 1 saturated heterocycles. The summed E-state index contributed by atoms with van der Waals surface area (Å²) in [4.78, 5) is 29.3. The maximum absolute atomic E-state index is 12.0. The molecule has 1 fully saturated rings. The molecule has 0 saturated carbocycles. The van der Waals surface area contributed by atoms with E-state index < -0.39 is 5.54 Å². The van der Waals surface area contributed by atoms with Gasteiger partial charge in [-0.25, -0.2) is 14.5 Å². The molecule has 1 aromatic heterocycles. The van der Waals surface area contributed by atoms with Crippen LogP contribution in [-0.4, -0.2) is 56.3 Å². The quantitative estimate of drug-likeness (QED) is 0.731. The van der Waals surface area contributed by atoms with Gasteiger partial charge in [-0.05, 0) is 20.3 Å². The van der Waals surface area contributed by atoms with E-state index in [9.17, 15) is 9.59 Å². The lowest BCUT2D eigenvalue weighted by Crippen LogP contribution is -2.44. The Hall–Kier alpha value is -1.96. The van der Waals surface area contributed by atoms with Crippen molar-refractivity contribution in [3.8, 4) is 0 Å². The molecule has 3 heterocycles. The van der Waals surface area contributed by atoms with E-state index in [2.05, 4.69) is 20.7 Å². The van der Waals surface area contributed by atoms with Crippen LogP contribution in [-0.2, 0) is 17.8 Å². The smallest absolute Gasteiger partial charge is 0.324 e. The molecule has 114 valence electrons. The summed E-state index contributed by atoms with van der Waals surface area (Å²) in [5.74, 6) is 0.848. The largest absolute Gasteiger partial charge is 0.325 e. The molecule has 0 aliphatic carbocycles. The van der Waals surface area contributed by atoms with Crippen molar-refractivity contribution in [3.63, 3.8) is 0 Å². The van der Waals surface area contributed by atoms with Crippen LogP contribution in [0.1, 0.15) is 26.1 Å². The topological polar surface area (TPSA) is 92.2 Å². The number of rotatable bonds is 4. The van der Waals surface area contributed by atoms with Gasteiger partial charge in [-0.2, -0.15) is 5.10 Å². The predicted molar refractivity (Wildman–Crippen MR) is 74.5 cm³/mol. The van der Waals surface area contributed by atoms with E-state index in [1.54, 1.807) is 20.2 Å². The molecule has 21 heavy (non-hydrogen) atoms. The fourth-order valence-electron chi connectivity index (χ4n) is 2.81. The van der Waals surface area contributed by atoms with Crippen molar-refractivity contribution in [1.29, 1.82) is 0 Å². The Bertz CT molecular complexity index is 567. The van der Waals surface area contributed by atoms with E-state index in [1.165, 1.54) is 4.90 Å².